The summed E-state index contributed by atoms with van der Waals surface area (Å²) in [5, 5.41) is 14.1. The van der Waals surface area contributed by atoms with E-state index in [1.807, 2.05) is 0 Å². The summed E-state index contributed by atoms with van der Waals surface area (Å²) in [5.74, 6) is 1.93. The Morgan fingerprint density at radius 2 is 2.15 bits per heavy atom. The van der Waals surface area contributed by atoms with Crippen LogP contribution in [0, 0.1) is 11.8 Å². The van der Waals surface area contributed by atoms with Crippen molar-refractivity contribution in [1.29, 1.82) is 0 Å². The lowest BCUT2D eigenvalue weighted by Gasteiger charge is -2.34. The average Bonchev–Trinajstić information content (AvgIpc) is 3.01. The van der Waals surface area contributed by atoms with Gasteiger partial charge < -0.3 is 4.90 Å². The minimum Gasteiger partial charge on any atom is -0.342 e. The molecule has 1 aromatic rings. The van der Waals surface area contributed by atoms with Gasteiger partial charge in [-0.05, 0) is 38.0 Å². The van der Waals surface area contributed by atoms with Crippen LogP contribution < -0.4 is 0 Å². The number of nitrogens with one attached hydrogen (secondary N) is 1. The number of carbonyl (C=O) groups excluding carboxylic acids is 1. The first-order chi connectivity index (χ1) is 9.83. The van der Waals surface area contributed by atoms with Gasteiger partial charge >= 0.3 is 0 Å². The van der Waals surface area contributed by atoms with Crippen molar-refractivity contribution in [2.75, 3.05) is 13.1 Å². The molecule has 1 aliphatic carbocycles. The number of rotatable bonds is 3. The molecular weight excluding hydrogens is 254 g/mol. The Kier molecular flexibility index (Phi) is 4.08. The molecule has 1 atom stereocenters. The molecule has 0 radical (unpaired) electrons. The highest BCUT2D eigenvalue weighted by atomic mass is 16.2. The van der Waals surface area contributed by atoms with Crippen molar-refractivity contribution in [2.24, 2.45) is 11.8 Å². The van der Waals surface area contributed by atoms with Gasteiger partial charge in [-0.15, -0.1) is 10.2 Å². The van der Waals surface area contributed by atoms with E-state index in [1.165, 1.54) is 0 Å². The Hall–Kier alpha value is -1.72. The lowest BCUT2D eigenvalue weighted by molar-refractivity contribution is -0.137. The second kappa shape index (κ2) is 6.15. The van der Waals surface area contributed by atoms with Crippen LogP contribution in [0.2, 0.25) is 0 Å². The van der Waals surface area contributed by atoms with E-state index in [1.54, 1.807) is 0 Å². The topological polar surface area (TPSA) is 74.8 Å². The summed E-state index contributed by atoms with van der Waals surface area (Å²) in [5.41, 5.74) is 0. The number of nitrogens with zero attached hydrogens (tertiary/aromatic N) is 4. The Bertz CT molecular complexity index is 462. The number of carbonyl (C=O) groups is 1. The van der Waals surface area contributed by atoms with Gasteiger partial charge in [-0.2, -0.15) is 5.21 Å². The van der Waals surface area contributed by atoms with Crippen LogP contribution in [0.1, 0.15) is 37.9 Å². The summed E-state index contributed by atoms with van der Waals surface area (Å²) in [7, 11) is 0. The van der Waals surface area contributed by atoms with E-state index in [2.05, 4.69) is 37.7 Å². The number of piperidine rings is 1. The molecule has 0 spiro atoms. The van der Waals surface area contributed by atoms with E-state index in [0.717, 1.165) is 57.4 Å². The molecule has 2 aliphatic rings. The molecule has 6 nitrogen and oxygen atoms in total. The van der Waals surface area contributed by atoms with E-state index in [9.17, 15) is 4.79 Å². The number of hydrogen-bond donors (Lipinski definition) is 1. The highest BCUT2D eigenvalue weighted by Gasteiger charge is 2.28. The summed E-state index contributed by atoms with van der Waals surface area (Å²) in [6, 6.07) is 0. The first kappa shape index (κ1) is 13.3. The standard InChI is InChI=1S/C14H21N5O/c20-14(12-4-2-1-3-5-12)19-8-6-11(7-9-19)10-13-15-17-18-16-13/h1-2,11-12H,3-10H2,(H,15,16,17,18). The third-order valence-electron chi connectivity index (χ3n) is 4.40. The lowest BCUT2D eigenvalue weighted by atomic mass is 9.89. The second-order valence-electron chi connectivity index (χ2n) is 5.78. The number of likely N-dealkylation sites (tertiary alicyclic amines) is 1. The van der Waals surface area contributed by atoms with Crippen molar-refractivity contribution in [3.8, 4) is 0 Å². The highest BCUT2D eigenvalue weighted by molar-refractivity contribution is 5.79. The predicted octanol–water partition coefficient (Wildman–Crippen LogP) is 1.34. The predicted molar refractivity (Wildman–Crippen MR) is 73.7 cm³/mol. The van der Waals surface area contributed by atoms with Gasteiger partial charge in [0.1, 0.15) is 0 Å². The number of hydrogen-bond acceptors (Lipinski definition) is 4. The van der Waals surface area contributed by atoms with Gasteiger partial charge in [-0.3, -0.25) is 4.79 Å². The maximum absolute atomic E-state index is 12.4. The third-order valence-corrected chi connectivity index (χ3v) is 4.40. The monoisotopic (exact) mass is 275 g/mol. The summed E-state index contributed by atoms with van der Waals surface area (Å²) in [4.78, 5) is 14.5. The van der Waals surface area contributed by atoms with Crippen LogP contribution in [0.25, 0.3) is 0 Å². The van der Waals surface area contributed by atoms with Crippen LogP contribution in [0.4, 0.5) is 0 Å². The van der Waals surface area contributed by atoms with Crippen molar-refractivity contribution in [2.45, 2.75) is 38.5 Å². The Balaban J connectivity index is 1.48. The molecule has 20 heavy (non-hydrogen) atoms. The third kappa shape index (κ3) is 3.05. The molecule has 0 aromatic carbocycles. The number of aromatic nitrogens is 4. The second-order valence-corrected chi connectivity index (χ2v) is 5.78. The Labute approximate surface area is 118 Å². The van der Waals surface area contributed by atoms with Crippen molar-refractivity contribution in [3.63, 3.8) is 0 Å². The molecule has 1 N–H and O–H groups in total. The lowest BCUT2D eigenvalue weighted by Crippen LogP contribution is -2.42. The molecule has 6 heteroatoms. The average molecular weight is 275 g/mol. The fourth-order valence-electron chi connectivity index (χ4n) is 3.16. The molecule has 1 saturated heterocycles. The Morgan fingerprint density at radius 1 is 1.30 bits per heavy atom. The van der Waals surface area contributed by atoms with Gasteiger partial charge in [0, 0.05) is 25.4 Å². The van der Waals surface area contributed by atoms with E-state index in [-0.39, 0.29) is 5.92 Å². The van der Waals surface area contributed by atoms with Gasteiger partial charge in [-0.1, -0.05) is 17.4 Å². The van der Waals surface area contributed by atoms with Crippen molar-refractivity contribution in [1.82, 2.24) is 25.5 Å². The van der Waals surface area contributed by atoms with Crippen LogP contribution in [0.15, 0.2) is 12.2 Å². The van der Waals surface area contributed by atoms with Crippen LogP contribution in [0.3, 0.4) is 0 Å². The van der Waals surface area contributed by atoms with E-state index < -0.39 is 0 Å². The molecule has 2 heterocycles. The zero-order valence-electron chi connectivity index (χ0n) is 11.7. The van der Waals surface area contributed by atoms with Gasteiger partial charge in [0.2, 0.25) is 5.91 Å². The zero-order chi connectivity index (χ0) is 13.8. The molecule has 1 unspecified atom stereocenters. The molecular formula is C14H21N5O. The fraction of sp³-hybridized carbons (Fsp3) is 0.714. The molecule has 108 valence electrons. The van der Waals surface area contributed by atoms with Crippen LogP contribution in [0.5, 0.6) is 0 Å². The van der Waals surface area contributed by atoms with Gasteiger partial charge in [-0.25, -0.2) is 0 Å². The molecule has 1 aliphatic heterocycles. The zero-order valence-corrected chi connectivity index (χ0v) is 11.7. The first-order valence-electron chi connectivity index (χ1n) is 7.49. The highest BCUT2D eigenvalue weighted by Crippen LogP contribution is 2.25. The molecule has 1 fully saturated rings. The number of H-pyrrole nitrogens is 1. The SMILES string of the molecule is O=C(C1CC=CCC1)N1CCC(Cc2nn[nH]n2)CC1. The van der Waals surface area contributed by atoms with Crippen LogP contribution in [-0.4, -0.2) is 44.5 Å². The van der Waals surface area contributed by atoms with E-state index >= 15 is 0 Å². The maximum Gasteiger partial charge on any atom is 0.226 e. The van der Waals surface area contributed by atoms with Crippen molar-refractivity contribution in [3.05, 3.63) is 18.0 Å². The first-order valence-corrected chi connectivity index (χ1v) is 7.49. The molecule has 0 bridgehead atoms. The molecule has 3 rings (SSSR count). The molecule has 1 aromatic heterocycles. The minimum atomic E-state index is 0.216. The van der Waals surface area contributed by atoms with Gasteiger partial charge in [0.25, 0.3) is 0 Å². The number of aromatic amines is 1. The van der Waals surface area contributed by atoms with Gasteiger partial charge in [0.05, 0.1) is 0 Å². The van der Waals surface area contributed by atoms with Gasteiger partial charge in [0.15, 0.2) is 5.82 Å². The smallest absolute Gasteiger partial charge is 0.226 e. The summed E-state index contributed by atoms with van der Waals surface area (Å²) >= 11 is 0. The quantitative estimate of drug-likeness (QED) is 0.845. The minimum absolute atomic E-state index is 0.216. The molecule has 0 saturated carbocycles. The fourth-order valence-corrected chi connectivity index (χ4v) is 3.16. The number of allylic oxidation sites excluding steroid dienone is 2. The van der Waals surface area contributed by atoms with Crippen molar-refractivity contribution >= 4 is 5.91 Å². The normalized spacial score (nSPS) is 24.0. The maximum atomic E-state index is 12.4. The van der Waals surface area contributed by atoms with E-state index in [0.29, 0.717) is 11.8 Å². The summed E-state index contributed by atoms with van der Waals surface area (Å²) in [6.07, 6.45) is 10.3. The summed E-state index contributed by atoms with van der Waals surface area (Å²) < 4.78 is 0. The van der Waals surface area contributed by atoms with Crippen LogP contribution in [-0.2, 0) is 11.2 Å². The number of tetrazole rings is 1. The number of amides is 1. The largest absolute Gasteiger partial charge is 0.342 e. The summed E-state index contributed by atoms with van der Waals surface area (Å²) in [6.45, 7) is 1.75. The molecule has 1 amide bonds. The van der Waals surface area contributed by atoms with E-state index in [4.69, 9.17) is 0 Å². The van der Waals surface area contributed by atoms with Crippen LogP contribution >= 0.6 is 0 Å². The van der Waals surface area contributed by atoms with Crippen molar-refractivity contribution < 1.29 is 4.79 Å². The Morgan fingerprint density at radius 3 is 2.80 bits per heavy atom.